The molecule has 1 aromatic rings. The van der Waals surface area contributed by atoms with Crippen molar-refractivity contribution in [2.75, 3.05) is 5.73 Å². The van der Waals surface area contributed by atoms with Crippen LogP contribution in [-0.4, -0.2) is 15.4 Å². The minimum atomic E-state index is -1.47. The zero-order valence-electron chi connectivity index (χ0n) is 7.77. The number of para-hydroxylation sites is 1. The van der Waals surface area contributed by atoms with E-state index in [2.05, 4.69) is 0 Å². The van der Waals surface area contributed by atoms with Crippen LogP contribution in [0.25, 0.3) is 0 Å². The number of rotatable bonds is 3. The highest BCUT2D eigenvalue weighted by molar-refractivity contribution is 7.86. The Bertz CT molecular complexity index is 379. The smallest absolute Gasteiger partial charge is 0.233 e. The lowest BCUT2D eigenvalue weighted by Gasteiger charge is -2.09. The largest absolute Gasteiger partial charge is 0.398 e. The summed E-state index contributed by atoms with van der Waals surface area (Å²) in [6.07, 6.45) is 0. The van der Waals surface area contributed by atoms with Gasteiger partial charge < -0.3 is 11.5 Å². The maximum Gasteiger partial charge on any atom is 0.233 e. The van der Waals surface area contributed by atoms with E-state index in [0.29, 0.717) is 10.6 Å². The van der Waals surface area contributed by atoms with Crippen molar-refractivity contribution >= 4 is 22.4 Å². The van der Waals surface area contributed by atoms with E-state index in [1.807, 2.05) is 0 Å². The highest BCUT2D eigenvalue weighted by Crippen LogP contribution is 2.18. The lowest BCUT2D eigenvalue weighted by Crippen LogP contribution is -2.29. The fourth-order valence-corrected chi connectivity index (χ4v) is 2.06. The summed E-state index contributed by atoms with van der Waals surface area (Å²) in [7, 11) is -1.47. The van der Waals surface area contributed by atoms with Gasteiger partial charge in [0, 0.05) is 5.69 Å². The van der Waals surface area contributed by atoms with Gasteiger partial charge in [-0.15, -0.1) is 0 Å². The van der Waals surface area contributed by atoms with Crippen molar-refractivity contribution in [2.45, 2.75) is 17.1 Å². The van der Waals surface area contributed by atoms with Crippen LogP contribution in [0.15, 0.2) is 29.2 Å². The first-order valence-corrected chi connectivity index (χ1v) is 5.29. The second kappa shape index (κ2) is 4.23. The average Bonchev–Trinajstić information content (AvgIpc) is 2.16. The number of amides is 1. The molecule has 0 bridgehead atoms. The van der Waals surface area contributed by atoms with Crippen LogP contribution in [0, 0.1) is 0 Å². The van der Waals surface area contributed by atoms with Crippen molar-refractivity contribution in [3.63, 3.8) is 0 Å². The van der Waals surface area contributed by atoms with Gasteiger partial charge in [-0.2, -0.15) is 0 Å². The Morgan fingerprint density at radius 3 is 2.50 bits per heavy atom. The van der Waals surface area contributed by atoms with Crippen molar-refractivity contribution in [3.8, 4) is 0 Å². The van der Waals surface area contributed by atoms with Gasteiger partial charge in [0.05, 0.1) is 15.7 Å². The van der Waals surface area contributed by atoms with Crippen LogP contribution in [0.2, 0.25) is 0 Å². The van der Waals surface area contributed by atoms with E-state index in [1.165, 1.54) is 6.92 Å². The molecule has 0 fully saturated rings. The second-order valence-corrected chi connectivity index (χ2v) is 4.62. The first-order valence-electron chi connectivity index (χ1n) is 4.08. The van der Waals surface area contributed by atoms with Crippen molar-refractivity contribution in [1.29, 1.82) is 0 Å². The summed E-state index contributed by atoms with van der Waals surface area (Å²) < 4.78 is 11.7. The molecule has 0 aromatic heterocycles. The highest BCUT2D eigenvalue weighted by Gasteiger charge is 2.19. The number of carbonyl (C=O) groups excluding carboxylic acids is 1. The summed E-state index contributed by atoms with van der Waals surface area (Å²) in [6.45, 7) is 1.52. The van der Waals surface area contributed by atoms with Gasteiger partial charge in [-0.05, 0) is 19.1 Å². The number of benzene rings is 1. The molecule has 0 heterocycles. The molecular weight excluding hydrogens is 200 g/mol. The molecule has 5 heteroatoms. The lowest BCUT2D eigenvalue weighted by molar-refractivity contribution is -0.117. The van der Waals surface area contributed by atoms with Crippen LogP contribution in [0.5, 0.6) is 0 Å². The molecule has 0 saturated carbocycles. The number of nitrogen functional groups attached to an aromatic ring is 1. The summed E-state index contributed by atoms with van der Waals surface area (Å²) in [5.41, 5.74) is 11.1. The van der Waals surface area contributed by atoms with Crippen molar-refractivity contribution in [1.82, 2.24) is 0 Å². The molecular formula is C9H12N2O2S. The maximum absolute atomic E-state index is 11.7. The fourth-order valence-electron chi connectivity index (χ4n) is 0.960. The highest BCUT2D eigenvalue weighted by atomic mass is 32.2. The first-order chi connectivity index (χ1) is 6.54. The van der Waals surface area contributed by atoms with Gasteiger partial charge in [0.15, 0.2) is 0 Å². The van der Waals surface area contributed by atoms with Crippen LogP contribution in [0.4, 0.5) is 5.69 Å². The molecule has 1 amide bonds. The van der Waals surface area contributed by atoms with Crippen LogP contribution >= 0.6 is 0 Å². The first kappa shape index (κ1) is 10.7. The van der Waals surface area contributed by atoms with E-state index < -0.39 is 22.0 Å². The van der Waals surface area contributed by atoms with Crippen molar-refractivity contribution in [3.05, 3.63) is 24.3 Å². The molecule has 0 aliphatic carbocycles. The summed E-state index contributed by atoms with van der Waals surface area (Å²) in [5, 5.41) is -0.723. The topological polar surface area (TPSA) is 86.2 Å². The zero-order valence-corrected chi connectivity index (χ0v) is 8.58. The summed E-state index contributed by atoms with van der Waals surface area (Å²) in [5.74, 6) is -0.591. The number of nitrogens with two attached hydrogens (primary N) is 2. The Morgan fingerprint density at radius 2 is 2.00 bits per heavy atom. The lowest BCUT2D eigenvalue weighted by atomic mass is 10.3. The number of primary amides is 1. The van der Waals surface area contributed by atoms with E-state index >= 15 is 0 Å². The van der Waals surface area contributed by atoms with E-state index in [1.54, 1.807) is 24.3 Å². The summed E-state index contributed by atoms with van der Waals surface area (Å²) in [6, 6.07) is 6.73. The summed E-state index contributed by atoms with van der Waals surface area (Å²) >= 11 is 0. The third-order valence-corrected chi connectivity index (χ3v) is 3.54. The average molecular weight is 212 g/mol. The van der Waals surface area contributed by atoms with Crippen LogP contribution < -0.4 is 11.5 Å². The van der Waals surface area contributed by atoms with E-state index in [4.69, 9.17) is 11.5 Å². The van der Waals surface area contributed by atoms with Crippen LogP contribution in [0.1, 0.15) is 6.92 Å². The molecule has 4 N–H and O–H groups in total. The molecule has 2 atom stereocenters. The number of anilines is 1. The normalized spacial score (nSPS) is 14.6. The Hall–Kier alpha value is -1.36. The van der Waals surface area contributed by atoms with Crippen LogP contribution in [0.3, 0.4) is 0 Å². The van der Waals surface area contributed by atoms with Crippen LogP contribution in [-0.2, 0) is 15.6 Å². The molecule has 0 aliphatic heterocycles. The van der Waals surface area contributed by atoms with Gasteiger partial charge in [0.25, 0.3) is 0 Å². The zero-order chi connectivity index (χ0) is 10.7. The van der Waals surface area contributed by atoms with Gasteiger partial charge in [-0.3, -0.25) is 9.00 Å². The molecule has 0 saturated heterocycles. The van der Waals surface area contributed by atoms with E-state index in [-0.39, 0.29) is 0 Å². The molecule has 2 unspecified atom stereocenters. The van der Waals surface area contributed by atoms with Crippen molar-refractivity contribution < 1.29 is 9.00 Å². The molecule has 0 spiro atoms. The molecule has 14 heavy (non-hydrogen) atoms. The van der Waals surface area contributed by atoms with Crippen molar-refractivity contribution in [2.24, 2.45) is 5.73 Å². The van der Waals surface area contributed by atoms with Gasteiger partial charge in [-0.25, -0.2) is 0 Å². The second-order valence-electron chi connectivity index (χ2n) is 2.88. The van der Waals surface area contributed by atoms with E-state index in [9.17, 15) is 9.00 Å². The predicted molar refractivity (Wildman–Crippen MR) is 55.9 cm³/mol. The molecule has 1 aromatic carbocycles. The van der Waals surface area contributed by atoms with Gasteiger partial charge in [0.1, 0.15) is 5.25 Å². The predicted octanol–water partition coefficient (Wildman–Crippen LogP) is 0.250. The minimum absolute atomic E-state index is 0.416. The SMILES string of the molecule is CC(C(N)=O)S(=O)c1ccccc1N. The number of hydrogen-bond donors (Lipinski definition) is 2. The van der Waals surface area contributed by atoms with Gasteiger partial charge in [-0.1, -0.05) is 12.1 Å². The third kappa shape index (κ3) is 2.11. The molecule has 76 valence electrons. The Kier molecular flexibility index (Phi) is 3.24. The molecule has 0 aliphatic rings. The quantitative estimate of drug-likeness (QED) is 0.704. The van der Waals surface area contributed by atoms with Gasteiger partial charge >= 0.3 is 0 Å². The minimum Gasteiger partial charge on any atom is -0.398 e. The monoisotopic (exact) mass is 212 g/mol. The Balaban J connectivity index is 3.01. The standard InChI is InChI=1S/C9H12N2O2S/c1-6(9(11)12)14(13)8-5-3-2-4-7(8)10/h2-6H,10H2,1H3,(H2,11,12). The number of carbonyl (C=O) groups is 1. The van der Waals surface area contributed by atoms with E-state index in [0.717, 1.165) is 0 Å². The molecule has 4 nitrogen and oxygen atoms in total. The third-order valence-electron chi connectivity index (χ3n) is 1.86. The Labute approximate surface area is 84.7 Å². The van der Waals surface area contributed by atoms with Gasteiger partial charge in [0.2, 0.25) is 5.91 Å². The maximum atomic E-state index is 11.7. The number of hydrogen-bond acceptors (Lipinski definition) is 3. The fraction of sp³-hybridized carbons (Fsp3) is 0.222. The molecule has 0 radical (unpaired) electrons. The molecule has 1 rings (SSSR count). The Morgan fingerprint density at radius 1 is 1.43 bits per heavy atom. The summed E-state index contributed by atoms with van der Waals surface area (Å²) in [4.78, 5) is 11.3.